The highest BCUT2D eigenvalue weighted by molar-refractivity contribution is 5.95. The number of anilines is 2. The summed E-state index contributed by atoms with van der Waals surface area (Å²) in [4.78, 5) is 39.1. The highest BCUT2D eigenvalue weighted by Gasteiger charge is 2.28. The lowest BCUT2D eigenvalue weighted by atomic mass is 10.0. The molecule has 3 amide bonds. The molecule has 2 aliphatic heterocycles. The predicted molar refractivity (Wildman–Crippen MR) is 157 cm³/mol. The van der Waals surface area contributed by atoms with Gasteiger partial charge in [-0.3, -0.25) is 4.79 Å². The largest absolute Gasteiger partial charge is 0.378 e. The number of likely N-dealkylation sites (tertiary alicyclic amines) is 1. The van der Waals surface area contributed by atoms with E-state index in [9.17, 15) is 9.59 Å². The molecule has 0 radical (unpaired) electrons. The number of aryl methyl sites for hydroxylation is 1. The number of aromatic nitrogens is 4. The predicted octanol–water partition coefficient (Wildman–Crippen LogP) is 3.87. The summed E-state index contributed by atoms with van der Waals surface area (Å²) in [7, 11) is 1.58. The average molecular weight is 555 g/mol. The van der Waals surface area contributed by atoms with Crippen LogP contribution in [0.15, 0.2) is 54.7 Å². The van der Waals surface area contributed by atoms with Crippen LogP contribution in [0.1, 0.15) is 34.8 Å². The number of urea groups is 1. The Hall–Kier alpha value is -4.51. The molecule has 11 nitrogen and oxygen atoms in total. The van der Waals surface area contributed by atoms with E-state index < -0.39 is 0 Å². The first-order valence-electron chi connectivity index (χ1n) is 14.0. The summed E-state index contributed by atoms with van der Waals surface area (Å²) in [6.45, 7) is 6.06. The molecule has 2 aromatic heterocycles. The van der Waals surface area contributed by atoms with Gasteiger partial charge in [-0.25, -0.2) is 19.4 Å². The fourth-order valence-corrected chi connectivity index (χ4v) is 5.52. The van der Waals surface area contributed by atoms with Crippen LogP contribution in [0.25, 0.3) is 22.4 Å². The number of nitrogens with zero attached hydrogens (tertiary/aromatic N) is 6. The quantitative estimate of drug-likeness (QED) is 0.385. The molecule has 0 bridgehead atoms. The van der Waals surface area contributed by atoms with Crippen LogP contribution in [-0.4, -0.2) is 83.0 Å². The summed E-state index contributed by atoms with van der Waals surface area (Å²) in [5.74, 6) is 1.53. The van der Waals surface area contributed by atoms with Crippen molar-refractivity contribution in [3.63, 3.8) is 0 Å². The topological polar surface area (TPSA) is 118 Å². The minimum absolute atomic E-state index is 0.0837. The van der Waals surface area contributed by atoms with E-state index >= 15 is 0 Å². The van der Waals surface area contributed by atoms with E-state index in [2.05, 4.69) is 15.5 Å². The highest BCUT2D eigenvalue weighted by Crippen LogP contribution is 2.32. The van der Waals surface area contributed by atoms with Crippen molar-refractivity contribution in [1.82, 2.24) is 30.0 Å². The standard InChI is InChI=1S/C30H34N8O3/c1-20-5-3-4-6-24(20)29(39)37-13-11-23(12-14-37)38-28-25(19-32-38)27(36-15-17-41-18-16-36)34-26(35-28)21-7-9-22(10-8-21)33-30(40)31-2/h3-10,19,23H,11-18H2,1-2H3,(H2,31,33,40). The monoisotopic (exact) mass is 554 g/mol. The average Bonchev–Trinajstić information content (AvgIpc) is 3.45. The molecule has 4 heterocycles. The molecule has 2 aromatic carbocycles. The number of rotatable bonds is 5. The Balaban J connectivity index is 1.30. The lowest BCUT2D eigenvalue weighted by molar-refractivity contribution is 0.0690. The molecule has 2 saturated heterocycles. The van der Waals surface area contributed by atoms with E-state index in [1.165, 1.54) is 0 Å². The van der Waals surface area contributed by atoms with Crippen molar-refractivity contribution >= 4 is 34.5 Å². The second kappa shape index (κ2) is 11.5. The lowest BCUT2D eigenvalue weighted by Gasteiger charge is -2.32. The molecule has 0 atom stereocenters. The van der Waals surface area contributed by atoms with Gasteiger partial charge in [-0.2, -0.15) is 5.10 Å². The van der Waals surface area contributed by atoms with E-state index in [0.717, 1.165) is 59.5 Å². The highest BCUT2D eigenvalue weighted by atomic mass is 16.5. The van der Waals surface area contributed by atoms with Crippen LogP contribution in [0.5, 0.6) is 0 Å². The fourth-order valence-electron chi connectivity index (χ4n) is 5.52. The molecule has 0 aliphatic carbocycles. The number of piperidine rings is 1. The molecule has 0 unspecified atom stereocenters. The minimum Gasteiger partial charge on any atom is -0.378 e. The van der Waals surface area contributed by atoms with Gasteiger partial charge in [-0.1, -0.05) is 18.2 Å². The van der Waals surface area contributed by atoms with Gasteiger partial charge in [0.25, 0.3) is 5.91 Å². The van der Waals surface area contributed by atoms with Crippen molar-refractivity contribution in [3.05, 3.63) is 65.9 Å². The van der Waals surface area contributed by atoms with Crippen molar-refractivity contribution in [1.29, 1.82) is 0 Å². The van der Waals surface area contributed by atoms with Crippen LogP contribution in [-0.2, 0) is 4.74 Å². The van der Waals surface area contributed by atoms with Crippen molar-refractivity contribution in [3.8, 4) is 11.4 Å². The molecule has 0 spiro atoms. The third kappa shape index (κ3) is 5.45. The fraction of sp³-hybridized carbons (Fsp3) is 0.367. The molecule has 2 fully saturated rings. The van der Waals surface area contributed by atoms with E-state index in [4.69, 9.17) is 19.8 Å². The normalized spacial score (nSPS) is 16.1. The van der Waals surface area contributed by atoms with E-state index in [0.29, 0.717) is 37.8 Å². The first-order valence-corrected chi connectivity index (χ1v) is 14.0. The number of morpholine rings is 1. The Bertz CT molecular complexity index is 1550. The van der Waals surface area contributed by atoms with Gasteiger partial charge in [-0.05, 0) is 55.7 Å². The number of nitrogens with one attached hydrogen (secondary N) is 2. The zero-order chi connectivity index (χ0) is 28.3. The van der Waals surface area contributed by atoms with Crippen LogP contribution in [0.4, 0.5) is 16.3 Å². The van der Waals surface area contributed by atoms with Crippen LogP contribution in [0, 0.1) is 6.92 Å². The molecule has 0 saturated carbocycles. The zero-order valence-corrected chi connectivity index (χ0v) is 23.3. The third-order valence-corrected chi connectivity index (χ3v) is 7.85. The summed E-state index contributed by atoms with van der Waals surface area (Å²) < 4.78 is 7.61. The number of fused-ring (bicyclic) bond motifs is 1. The Morgan fingerprint density at radius 3 is 2.39 bits per heavy atom. The molecule has 41 heavy (non-hydrogen) atoms. The molecule has 6 rings (SSSR count). The second-order valence-corrected chi connectivity index (χ2v) is 10.4. The second-order valence-electron chi connectivity index (χ2n) is 10.4. The van der Waals surface area contributed by atoms with Gasteiger partial charge in [0.15, 0.2) is 11.5 Å². The van der Waals surface area contributed by atoms with E-state index in [-0.39, 0.29) is 18.0 Å². The first kappa shape index (κ1) is 26.7. The van der Waals surface area contributed by atoms with Crippen LogP contribution in [0.3, 0.4) is 0 Å². The summed E-state index contributed by atoms with van der Waals surface area (Å²) >= 11 is 0. The maximum atomic E-state index is 13.2. The van der Waals surface area contributed by atoms with Crippen molar-refractivity contribution < 1.29 is 14.3 Å². The van der Waals surface area contributed by atoms with Gasteiger partial charge in [-0.15, -0.1) is 0 Å². The van der Waals surface area contributed by atoms with Crippen LogP contribution < -0.4 is 15.5 Å². The Labute approximate surface area is 238 Å². The number of amides is 3. The van der Waals surface area contributed by atoms with Gasteiger partial charge in [0, 0.05) is 50.0 Å². The molecule has 212 valence electrons. The van der Waals surface area contributed by atoms with Crippen molar-refractivity contribution in [2.45, 2.75) is 25.8 Å². The summed E-state index contributed by atoms with van der Waals surface area (Å²) in [6, 6.07) is 15.1. The third-order valence-electron chi connectivity index (χ3n) is 7.85. The number of ether oxygens (including phenoxy) is 1. The van der Waals surface area contributed by atoms with Crippen LogP contribution in [0.2, 0.25) is 0 Å². The number of hydrogen-bond donors (Lipinski definition) is 2. The molecule has 4 aromatic rings. The Morgan fingerprint density at radius 1 is 0.951 bits per heavy atom. The summed E-state index contributed by atoms with van der Waals surface area (Å²) in [5, 5.41) is 11.1. The first-order chi connectivity index (χ1) is 20.0. The van der Waals surface area contributed by atoms with Gasteiger partial charge in [0.05, 0.1) is 30.8 Å². The minimum atomic E-state index is -0.277. The molecular weight excluding hydrogens is 520 g/mol. The SMILES string of the molecule is CNC(=O)Nc1ccc(-c2nc(N3CCOCC3)c3cnn(C4CCN(C(=O)c5ccccc5C)CC4)c3n2)cc1. The van der Waals surface area contributed by atoms with Gasteiger partial charge >= 0.3 is 6.03 Å². The summed E-state index contributed by atoms with van der Waals surface area (Å²) in [5.41, 5.74) is 4.07. The molecule has 2 N–H and O–H groups in total. The van der Waals surface area contributed by atoms with Crippen molar-refractivity contribution in [2.75, 3.05) is 56.7 Å². The van der Waals surface area contributed by atoms with Gasteiger partial charge < -0.3 is 25.2 Å². The number of benzene rings is 2. The summed E-state index contributed by atoms with van der Waals surface area (Å²) in [6.07, 6.45) is 3.45. The maximum Gasteiger partial charge on any atom is 0.318 e. The molecule has 11 heteroatoms. The Kier molecular flexibility index (Phi) is 7.51. The lowest BCUT2D eigenvalue weighted by Crippen LogP contribution is -2.39. The van der Waals surface area contributed by atoms with E-state index in [1.54, 1.807) is 7.05 Å². The number of carbonyl (C=O) groups is 2. The Morgan fingerprint density at radius 2 is 1.68 bits per heavy atom. The molecule has 2 aliphatic rings. The zero-order valence-electron chi connectivity index (χ0n) is 23.3. The molecular formula is C30H34N8O3. The number of hydrogen-bond acceptors (Lipinski definition) is 7. The van der Waals surface area contributed by atoms with Crippen LogP contribution >= 0.6 is 0 Å². The van der Waals surface area contributed by atoms with Gasteiger partial charge in [0.2, 0.25) is 0 Å². The van der Waals surface area contributed by atoms with Gasteiger partial charge in [0.1, 0.15) is 5.82 Å². The van der Waals surface area contributed by atoms with Crippen molar-refractivity contribution in [2.24, 2.45) is 0 Å². The van der Waals surface area contributed by atoms with E-state index in [1.807, 2.05) is 71.2 Å². The maximum absolute atomic E-state index is 13.2. The number of carbonyl (C=O) groups excluding carboxylic acids is 2. The smallest absolute Gasteiger partial charge is 0.318 e.